The van der Waals surface area contributed by atoms with E-state index in [1.807, 2.05) is 52.0 Å². The number of nitrogens with one attached hydrogen (secondary N) is 1. The minimum Gasteiger partial charge on any atom is -0.399 e. The van der Waals surface area contributed by atoms with Crippen LogP contribution in [0.1, 0.15) is 43.7 Å². The molecule has 1 fully saturated rings. The number of rotatable bonds is 4. The number of carbonyl (C=O) groups excluding carboxylic acids is 1. The highest BCUT2D eigenvalue weighted by atomic mass is 16.7. The van der Waals surface area contributed by atoms with Gasteiger partial charge in [0.25, 0.3) is 5.91 Å². The smallest absolute Gasteiger partial charge is 0.399 e. The Balaban J connectivity index is 1.61. The third-order valence-electron chi connectivity index (χ3n) is 4.76. The maximum atomic E-state index is 12.0. The molecule has 0 atom stereocenters. The third kappa shape index (κ3) is 3.72. The van der Waals surface area contributed by atoms with E-state index in [1.165, 1.54) is 6.20 Å². The molecule has 0 spiro atoms. The highest BCUT2D eigenvalue weighted by Gasteiger charge is 2.51. The quantitative estimate of drug-likeness (QED) is 0.859. The van der Waals surface area contributed by atoms with Crippen molar-refractivity contribution in [2.75, 3.05) is 0 Å². The minimum absolute atomic E-state index is 0.247. The number of benzene rings is 1. The average Bonchev–Trinajstić information content (AvgIpc) is 2.82. The second kappa shape index (κ2) is 6.57. The predicted molar refractivity (Wildman–Crippen MR) is 95.4 cm³/mol. The Labute approximate surface area is 148 Å². The van der Waals surface area contributed by atoms with Gasteiger partial charge < -0.3 is 14.6 Å². The van der Waals surface area contributed by atoms with Crippen LogP contribution >= 0.6 is 0 Å². The molecule has 130 valence electrons. The number of aromatic nitrogens is 2. The molecule has 1 aromatic heterocycles. The van der Waals surface area contributed by atoms with Crippen LogP contribution in [0.5, 0.6) is 0 Å². The molecule has 3 rings (SSSR count). The Morgan fingerprint density at radius 1 is 1.08 bits per heavy atom. The van der Waals surface area contributed by atoms with Gasteiger partial charge in [-0.05, 0) is 50.9 Å². The van der Waals surface area contributed by atoms with Gasteiger partial charge in [0.2, 0.25) is 0 Å². The maximum absolute atomic E-state index is 12.0. The van der Waals surface area contributed by atoms with E-state index in [4.69, 9.17) is 9.31 Å². The number of amides is 1. The largest absolute Gasteiger partial charge is 0.494 e. The Kier molecular flexibility index (Phi) is 4.62. The fourth-order valence-electron chi connectivity index (χ4n) is 2.47. The van der Waals surface area contributed by atoms with Gasteiger partial charge in [0.15, 0.2) is 5.69 Å². The predicted octanol–water partition coefficient (Wildman–Crippen LogP) is 1.71. The van der Waals surface area contributed by atoms with Crippen molar-refractivity contribution in [1.29, 1.82) is 0 Å². The van der Waals surface area contributed by atoms with Crippen LogP contribution in [0.2, 0.25) is 0 Å². The molecule has 2 heterocycles. The van der Waals surface area contributed by atoms with Gasteiger partial charge in [0.05, 0.1) is 11.2 Å². The number of carbonyl (C=O) groups is 1. The van der Waals surface area contributed by atoms with Crippen molar-refractivity contribution in [3.8, 4) is 0 Å². The van der Waals surface area contributed by atoms with Crippen molar-refractivity contribution < 1.29 is 14.1 Å². The summed E-state index contributed by atoms with van der Waals surface area (Å²) in [5, 5.41) is 10.3. The van der Waals surface area contributed by atoms with Crippen molar-refractivity contribution in [2.45, 2.75) is 45.4 Å². The molecule has 25 heavy (non-hydrogen) atoms. The highest BCUT2D eigenvalue weighted by molar-refractivity contribution is 6.62. The summed E-state index contributed by atoms with van der Waals surface area (Å²) in [6, 6.07) is 11.2. The van der Waals surface area contributed by atoms with Gasteiger partial charge in [0, 0.05) is 12.7 Å². The first-order valence-corrected chi connectivity index (χ1v) is 8.29. The molecule has 1 aliphatic rings. The van der Waals surface area contributed by atoms with Gasteiger partial charge >= 0.3 is 7.12 Å². The molecule has 2 aromatic rings. The lowest BCUT2D eigenvalue weighted by Crippen LogP contribution is -2.41. The van der Waals surface area contributed by atoms with Crippen LogP contribution in [0.4, 0.5) is 0 Å². The van der Waals surface area contributed by atoms with Crippen molar-refractivity contribution in [1.82, 2.24) is 15.5 Å². The van der Waals surface area contributed by atoms with E-state index < -0.39 is 0 Å². The fourth-order valence-corrected chi connectivity index (χ4v) is 2.47. The molecule has 1 aliphatic heterocycles. The molecule has 0 bridgehead atoms. The van der Waals surface area contributed by atoms with E-state index in [1.54, 1.807) is 12.1 Å². The Bertz CT molecular complexity index is 732. The molecule has 0 aliphatic carbocycles. The van der Waals surface area contributed by atoms with Crippen molar-refractivity contribution in [3.63, 3.8) is 0 Å². The zero-order valence-corrected chi connectivity index (χ0v) is 14.9. The number of nitrogens with zero attached hydrogens (tertiary/aromatic N) is 2. The summed E-state index contributed by atoms with van der Waals surface area (Å²) in [4.78, 5) is 12.0. The molecule has 1 N–H and O–H groups in total. The van der Waals surface area contributed by atoms with Crippen LogP contribution in [-0.4, -0.2) is 34.4 Å². The molecular formula is C18H22BN3O3. The van der Waals surface area contributed by atoms with Crippen LogP contribution in [0.15, 0.2) is 42.6 Å². The fraction of sp³-hybridized carbons (Fsp3) is 0.389. The summed E-state index contributed by atoms with van der Waals surface area (Å²) in [5.41, 5.74) is 1.53. The van der Waals surface area contributed by atoms with Crippen LogP contribution in [0.3, 0.4) is 0 Å². The zero-order valence-electron chi connectivity index (χ0n) is 14.9. The van der Waals surface area contributed by atoms with E-state index >= 15 is 0 Å². The lowest BCUT2D eigenvalue weighted by Gasteiger charge is -2.32. The Morgan fingerprint density at radius 2 is 1.72 bits per heavy atom. The minimum atomic E-state index is -0.381. The topological polar surface area (TPSA) is 73.3 Å². The SMILES string of the molecule is CC1(C)OB(c2ccc(CNC(=O)c3cccnn3)cc2)OC1(C)C. The second-order valence-electron chi connectivity index (χ2n) is 7.12. The summed E-state index contributed by atoms with van der Waals surface area (Å²) < 4.78 is 12.1. The first kappa shape index (κ1) is 17.6. The zero-order chi connectivity index (χ0) is 18.1. The highest BCUT2D eigenvalue weighted by Crippen LogP contribution is 2.36. The summed E-state index contributed by atoms with van der Waals surface area (Å²) in [7, 11) is -0.381. The van der Waals surface area contributed by atoms with E-state index in [0.717, 1.165) is 11.0 Å². The number of hydrogen-bond acceptors (Lipinski definition) is 5. The molecule has 1 aromatic carbocycles. The Hall–Kier alpha value is -2.25. The van der Waals surface area contributed by atoms with Crippen molar-refractivity contribution in [2.24, 2.45) is 0 Å². The van der Waals surface area contributed by atoms with Crippen LogP contribution in [0, 0.1) is 0 Å². The molecule has 1 amide bonds. The second-order valence-corrected chi connectivity index (χ2v) is 7.12. The van der Waals surface area contributed by atoms with E-state index in [2.05, 4.69) is 15.5 Å². The van der Waals surface area contributed by atoms with Crippen LogP contribution in [-0.2, 0) is 15.9 Å². The first-order chi connectivity index (χ1) is 11.8. The van der Waals surface area contributed by atoms with E-state index in [-0.39, 0.29) is 24.2 Å². The first-order valence-electron chi connectivity index (χ1n) is 8.29. The molecule has 0 unspecified atom stereocenters. The average molecular weight is 339 g/mol. The summed E-state index contributed by atoms with van der Waals surface area (Å²) in [6.07, 6.45) is 1.53. The summed E-state index contributed by atoms with van der Waals surface area (Å²) in [5.74, 6) is -0.247. The van der Waals surface area contributed by atoms with Gasteiger partial charge in [-0.3, -0.25) is 4.79 Å². The van der Waals surface area contributed by atoms with Gasteiger partial charge in [-0.25, -0.2) is 0 Å². The number of hydrogen-bond donors (Lipinski definition) is 1. The van der Waals surface area contributed by atoms with Crippen LogP contribution < -0.4 is 10.8 Å². The van der Waals surface area contributed by atoms with Gasteiger partial charge in [0.1, 0.15) is 0 Å². The van der Waals surface area contributed by atoms with Gasteiger partial charge in [-0.1, -0.05) is 24.3 Å². The Morgan fingerprint density at radius 3 is 2.28 bits per heavy atom. The third-order valence-corrected chi connectivity index (χ3v) is 4.76. The molecule has 0 saturated carbocycles. The van der Waals surface area contributed by atoms with Gasteiger partial charge in [-0.15, -0.1) is 5.10 Å². The molecule has 0 radical (unpaired) electrons. The normalized spacial score (nSPS) is 18.2. The van der Waals surface area contributed by atoms with Gasteiger partial charge in [-0.2, -0.15) is 5.10 Å². The van der Waals surface area contributed by atoms with Crippen LogP contribution in [0.25, 0.3) is 0 Å². The standard InChI is InChI=1S/C18H22BN3O3/c1-17(2)18(3,4)25-19(24-17)14-9-7-13(8-10-14)12-20-16(23)15-6-5-11-21-22-15/h5-11H,12H2,1-4H3,(H,20,23). The maximum Gasteiger partial charge on any atom is 0.494 e. The molecular weight excluding hydrogens is 317 g/mol. The molecule has 6 nitrogen and oxygen atoms in total. The van der Waals surface area contributed by atoms with E-state index in [9.17, 15) is 4.79 Å². The summed E-state index contributed by atoms with van der Waals surface area (Å²) in [6.45, 7) is 8.54. The van der Waals surface area contributed by atoms with Crippen molar-refractivity contribution in [3.05, 3.63) is 53.9 Å². The summed E-state index contributed by atoms with van der Waals surface area (Å²) >= 11 is 0. The van der Waals surface area contributed by atoms with E-state index in [0.29, 0.717) is 12.2 Å². The molecule has 7 heteroatoms. The lowest BCUT2D eigenvalue weighted by molar-refractivity contribution is 0.00578. The monoisotopic (exact) mass is 339 g/mol. The molecule has 1 saturated heterocycles. The lowest BCUT2D eigenvalue weighted by atomic mass is 9.79. The van der Waals surface area contributed by atoms with Crippen molar-refractivity contribution >= 4 is 18.5 Å².